The minimum atomic E-state index is -0.361. The van der Waals surface area contributed by atoms with E-state index >= 15 is 0 Å². The van der Waals surface area contributed by atoms with Crippen molar-refractivity contribution in [3.63, 3.8) is 0 Å². The predicted octanol–water partition coefficient (Wildman–Crippen LogP) is 4.22. The van der Waals surface area contributed by atoms with Crippen LogP contribution in [0.3, 0.4) is 0 Å². The number of amides is 1. The van der Waals surface area contributed by atoms with Gasteiger partial charge in [0.25, 0.3) is 5.91 Å². The molecule has 0 aliphatic heterocycles. The lowest BCUT2D eigenvalue weighted by Crippen LogP contribution is -2.14. The molecule has 0 aliphatic rings. The molecule has 7 heteroatoms. The van der Waals surface area contributed by atoms with Crippen LogP contribution in [-0.2, 0) is 0 Å². The second-order valence-corrected chi connectivity index (χ2v) is 6.38. The van der Waals surface area contributed by atoms with Crippen LogP contribution in [0, 0.1) is 0 Å². The molecule has 2 aromatic carbocycles. The maximum atomic E-state index is 12.7. The Morgan fingerprint density at radius 3 is 2.48 bits per heavy atom. The minimum Gasteiger partial charge on any atom is -0.340 e. The van der Waals surface area contributed by atoms with E-state index in [9.17, 15) is 9.59 Å². The number of carbonyl (C=O) groups excluding carboxylic acids is 2. The molecule has 7 nitrogen and oxygen atoms in total. The van der Waals surface area contributed by atoms with Gasteiger partial charge in [0.1, 0.15) is 17.8 Å². The maximum absolute atomic E-state index is 12.7. The lowest BCUT2D eigenvalue weighted by molar-refractivity contribution is 0.101. The fourth-order valence-electron chi connectivity index (χ4n) is 2.88. The molecule has 0 fully saturated rings. The molecular weight excluding hydrogens is 366 g/mol. The van der Waals surface area contributed by atoms with Crippen molar-refractivity contribution in [2.24, 2.45) is 0 Å². The predicted molar refractivity (Wildman–Crippen MR) is 111 cm³/mol. The van der Waals surface area contributed by atoms with Gasteiger partial charge in [-0.2, -0.15) is 0 Å². The number of aromatic nitrogens is 3. The van der Waals surface area contributed by atoms with Gasteiger partial charge in [0.2, 0.25) is 0 Å². The number of benzene rings is 2. The summed E-state index contributed by atoms with van der Waals surface area (Å²) in [5.74, 6) is 0.109. The fourth-order valence-corrected chi connectivity index (χ4v) is 2.88. The molecule has 0 aliphatic carbocycles. The van der Waals surface area contributed by atoms with Gasteiger partial charge >= 0.3 is 0 Å². The van der Waals surface area contributed by atoms with Crippen LogP contribution in [0.5, 0.6) is 0 Å². The average molecular weight is 383 g/mol. The van der Waals surface area contributed by atoms with E-state index in [0.717, 1.165) is 11.1 Å². The molecule has 0 bridgehead atoms. The summed E-state index contributed by atoms with van der Waals surface area (Å²) in [7, 11) is 0. The molecule has 142 valence electrons. The third kappa shape index (κ3) is 4.08. The highest BCUT2D eigenvalue weighted by Crippen LogP contribution is 2.21. The van der Waals surface area contributed by atoms with Gasteiger partial charge in [-0.3, -0.25) is 14.6 Å². The van der Waals surface area contributed by atoms with Crippen molar-refractivity contribution >= 4 is 39.8 Å². The van der Waals surface area contributed by atoms with Gasteiger partial charge < -0.3 is 10.6 Å². The van der Waals surface area contributed by atoms with Crippen LogP contribution in [0.25, 0.3) is 10.9 Å². The normalized spacial score (nSPS) is 10.5. The van der Waals surface area contributed by atoms with Gasteiger partial charge in [0.15, 0.2) is 5.78 Å². The van der Waals surface area contributed by atoms with Crippen molar-refractivity contribution < 1.29 is 9.59 Å². The summed E-state index contributed by atoms with van der Waals surface area (Å²) in [5.41, 5.74) is 2.92. The lowest BCUT2D eigenvalue weighted by Gasteiger charge is -2.09. The number of hydrogen-bond donors (Lipinski definition) is 2. The first-order valence-electron chi connectivity index (χ1n) is 8.95. The molecule has 0 saturated heterocycles. The highest BCUT2D eigenvalue weighted by Gasteiger charge is 2.12. The third-order valence-electron chi connectivity index (χ3n) is 4.34. The molecule has 0 spiro atoms. The van der Waals surface area contributed by atoms with Crippen LogP contribution in [-0.4, -0.2) is 26.6 Å². The monoisotopic (exact) mass is 383 g/mol. The zero-order chi connectivity index (χ0) is 20.2. The van der Waals surface area contributed by atoms with Gasteiger partial charge in [-0.25, -0.2) is 9.97 Å². The number of ketones is 1. The van der Waals surface area contributed by atoms with Crippen molar-refractivity contribution in [2.45, 2.75) is 6.92 Å². The van der Waals surface area contributed by atoms with Gasteiger partial charge in [0.05, 0.1) is 11.2 Å². The summed E-state index contributed by atoms with van der Waals surface area (Å²) in [6, 6.07) is 17.9. The topological polar surface area (TPSA) is 96.9 Å². The molecule has 2 heterocycles. The third-order valence-corrected chi connectivity index (χ3v) is 4.34. The van der Waals surface area contributed by atoms with Crippen molar-refractivity contribution in [3.8, 4) is 0 Å². The van der Waals surface area contributed by atoms with Crippen LogP contribution in [0.15, 0.2) is 73.2 Å². The number of pyridine rings is 1. The molecule has 29 heavy (non-hydrogen) atoms. The first-order valence-corrected chi connectivity index (χ1v) is 8.95. The zero-order valence-corrected chi connectivity index (χ0v) is 15.6. The molecule has 4 aromatic rings. The second-order valence-electron chi connectivity index (χ2n) is 6.38. The van der Waals surface area contributed by atoms with E-state index in [0.29, 0.717) is 22.6 Å². The molecule has 0 saturated carbocycles. The molecule has 2 N–H and O–H groups in total. The van der Waals surface area contributed by atoms with Gasteiger partial charge in [-0.05, 0) is 43.3 Å². The first-order chi connectivity index (χ1) is 14.1. The molecule has 4 rings (SSSR count). The Morgan fingerprint density at radius 2 is 1.69 bits per heavy atom. The standard InChI is InChI=1S/C22H17N5O2/c1-14(28)15-7-9-17(10-8-15)26-20-12-19(24-13-25-20)22(29)27-18-6-2-4-16-5-3-11-23-21(16)18/h2-13H,1H3,(H,27,29)(H,24,25,26). The van der Waals surface area contributed by atoms with E-state index in [-0.39, 0.29) is 17.4 Å². The van der Waals surface area contributed by atoms with Crippen LogP contribution in [0.2, 0.25) is 0 Å². The number of rotatable bonds is 5. The van der Waals surface area contributed by atoms with E-state index in [1.54, 1.807) is 42.6 Å². The molecule has 0 unspecified atom stereocenters. The number of carbonyl (C=O) groups is 2. The molecule has 2 aromatic heterocycles. The largest absolute Gasteiger partial charge is 0.340 e. The van der Waals surface area contributed by atoms with E-state index in [1.807, 2.05) is 24.3 Å². The number of nitrogens with zero attached hydrogens (tertiary/aromatic N) is 3. The number of anilines is 3. The van der Waals surface area contributed by atoms with E-state index in [2.05, 4.69) is 25.6 Å². The van der Waals surface area contributed by atoms with Crippen LogP contribution >= 0.6 is 0 Å². The molecule has 1 amide bonds. The number of Topliss-reactive ketones (excluding diaryl/α,β-unsaturated/α-hetero) is 1. The van der Waals surface area contributed by atoms with Crippen molar-refractivity contribution in [3.05, 3.63) is 84.4 Å². The number of fused-ring (bicyclic) bond motifs is 1. The summed E-state index contributed by atoms with van der Waals surface area (Å²) >= 11 is 0. The smallest absolute Gasteiger partial charge is 0.274 e. The Balaban J connectivity index is 1.53. The maximum Gasteiger partial charge on any atom is 0.274 e. The Morgan fingerprint density at radius 1 is 0.897 bits per heavy atom. The summed E-state index contributed by atoms with van der Waals surface area (Å²) < 4.78 is 0. The average Bonchev–Trinajstić information content (AvgIpc) is 2.74. The van der Waals surface area contributed by atoms with Crippen LogP contribution in [0.1, 0.15) is 27.8 Å². The van der Waals surface area contributed by atoms with E-state index in [4.69, 9.17) is 0 Å². The number of hydrogen-bond acceptors (Lipinski definition) is 6. The summed E-state index contributed by atoms with van der Waals surface area (Å²) in [6.45, 7) is 1.52. The molecule has 0 atom stereocenters. The Hall–Kier alpha value is -4.13. The van der Waals surface area contributed by atoms with Gasteiger partial charge in [0, 0.05) is 28.9 Å². The van der Waals surface area contributed by atoms with E-state index < -0.39 is 0 Å². The highest BCUT2D eigenvalue weighted by molar-refractivity contribution is 6.07. The highest BCUT2D eigenvalue weighted by atomic mass is 16.2. The first kappa shape index (κ1) is 18.2. The molecular formula is C22H17N5O2. The van der Waals surface area contributed by atoms with Gasteiger partial charge in [-0.1, -0.05) is 18.2 Å². The van der Waals surface area contributed by atoms with Crippen molar-refractivity contribution in [1.82, 2.24) is 15.0 Å². The Kier molecular flexibility index (Phi) is 4.94. The summed E-state index contributed by atoms with van der Waals surface area (Å²) in [6.07, 6.45) is 3.00. The fraction of sp³-hybridized carbons (Fsp3) is 0.0455. The minimum absolute atomic E-state index is 0.000434. The SMILES string of the molecule is CC(=O)c1ccc(Nc2cc(C(=O)Nc3cccc4cccnc34)ncn2)cc1. The van der Waals surface area contributed by atoms with E-state index in [1.165, 1.54) is 13.3 Å². The van der Waals surface area contributed by atoms with Crippen molar-refractivity contribution in [1.29, 1.82) is 0 Å². The quantitative estimate of drug-likeness (QED) is 0.501. The Bertz CT molecular complexity index is 1200. The second kappa shape index (κ2) is 7.85. The van der Waals surface area contributed by atoms with Gasteiger partial charge in [-0.15, -0.1) is 0 Å². The molecule has 0 radical (unpaired) electrons. The zero-order valence-electron chi connectivity index (χ0n) is 15.6. The van der Waals surface area contributed by atoms with Crippen LogP contribution in [0.4, 0.5) is 17.2 Å². The van der Waals surface area contributed by atoms with Crippen molar-refractivity contribution in [2.75, 3.05) is 10.6 Å². The summed E-state index contributed by atoms with van der Waals surface area (Å²) in [5, 5.41) is 6.89. The number of nitrogens with one attached hydrogen (secondary N) is 2. The number of para-hydroxylation sites is 1. The van der Waals surface area contributed by atoms with Crippen LogP contribution < -0.4 is 10.6 Å². The Labute approximate surface area is 166 Å². The summed E-state index contributed by atoms with van der Waals surface area (Å²) in [4.78, 5) is 36.6. The lowest BCUT2D eigenvalue weighted by atomic mass is 10.1.